The summed E-state index contributed by atoms with van der Waals surface area (Å²) in [5.41, 5.74) is 3.15. The molecule has 3 atom stereocenters. The van der Waals surface area contributed by atoms with Gasteiger partial charge in [-0.2, -0.15) is 5.10 Å². The van der Waals surface area contributed by atoms with Gasteiger partial charge in [0.25, 0.3) is 0 Å². The molecule has 0 N–H and O–H groups in total. The number of aromatic nitrogens is 5. The van der Waals surface area contributed by atoms with E-state index in [-0.39, 0.29) is 59.8 Å². The van der Waals surface area contributed by atoms with Crippen LogP contribution in [-0.4, -0.2) is 79.0 Å². The number of ether oxygens (including phenoxy) is 2. The van der Waals surface area contributed by atoms with E-state index in [1.54, 1.807) is 36.4 Å². The molecule has 2 fully saturated rings. The molecule has 5 heterocycles. The van der Waals surface area contributed by atoms with Crippen molar-refractivity contribution in [2.45, 2.75) is 65.0 Å². The van der Waals surface area contributed by atoms with Crippen molar-refractivity contribution < 1.29 is 28.2 Å². The van der Waals surface area contributed by atoms with E-state index in [1.165, 1.54) is 11.6 Å². The highest BCUT2D eigenvalue weighted by molar-refractivity contribution is 9.10. The molecule has 2 aliphatic heterocycles. The fourth-order valence-corrected chi connectivity index (χ4v) is 7.39. The summed E-state index contributed by atoms with van der Waals surface area (Å²) in [7, 11) is 0. The molecule has 1 aromatic carbocycles. The average molecular weight is 718 g/mol. The van der Waals surface area contributed by atoms with Gasteiger partial charge in [0.1, 0.15) is 29.3 Å². The molecule has 1 aliphatic carbocycles. The van der Waals surface area contributed by atoms with Crippen LogP contribution in [0.5, 0.6) is 0 Å². The van der Waals surface area contributed by atoms with Gasteiger partial charge in [-0.1, -0.05) is 18.2 Å². The van der Waals surface area contributed by atoms with Gasteiger partial charge in [0, 0.05) is 47.3 Å². The van der Waals surface area contributed by atoms with Gasteiger partial charge in [0.15, 0.2) is 11.6 Å². The van der Waals surface area contributed by atoms with Crippen LogP contribution >= 0.6 is 15.9 Å². The van der Waals surface area contributed by atoms with E-state index >= 15 is 0 Å². The van der Waals surface area contributed by atoms with Crippen LogP contribution in [0.3, 0.4) is 0 Å². The standard InChI is InChI=1S/C35H34BrFN6O5/c1-20(44)33-26-10-23(25-15-38-21(2)39-16-25)9-24(14-37)34(26)42(41-33)17-32(46)43-28-12-35(13-30(35)43)19-48-8-4-3-7-47-18-22-5-6-31(36)40-27(22)11-29(28)45/h3-6,9-10,15-16,28,30H,7-8,11-14,17-19H2,1-2H3/t28-,30+,35-/m0/s1. The molecule has 0 unspecified atom stereocenters. The van der Waals surface area contributed by atoms with Crippen molar-refractivity contribution in [1.29, 1.82) is 0 Å². The number of rotatable bonds is 5. The molecule has 7 rings (SSSR count). The molecule has 1 saturated carbocycles. The predicted molar refractivity (Wildman–Crippen MR) is 177 cm³/mol. The third-order valence-corrected chi connectivity index (χ3v) is 9.94. The number of hydrogen-bond acceptors (Lipinski definition) is 9. The first-order valence-corrected chi connectivity index (χ1v) is 16.6. The Morgan fingerprint density at radius 2 is 1.85 bits per heavy atom. The number of nitrogens with zero attached hydrogens (tertiary/aromatic N) is 6. The van der Waals surface area contributed by atoms with Crippen LogP contribution in [-0.2, 0) is 45.3 Å². The Morgan fingerprint density at radius 1 is 1.08 bits per heavy atom. The third-order valence-electron chi connectivity index (χ3n) is 9.50. The molecule has 4 aromatic rings. The van der Waals surface area contributed by atoms with Crippen molar-refractivity contribution in [3.63, 3.8) is 0 Å². The topological polar surface area (TPSA) is 129 Å². The number of carbonyl (C=O) groups is 3. The van der Waals surface area contributed by atoms with Gasteiger partial charge in [-0.25, -0.2) is 19.3 Å². The minimum Gasteiger partial charge on any atom is -0.377 e. The van der Waals surface area contributed by atoms with Gasteiger partial charge in [-0.3, -0.25) is 19.1 Å². The van der Waals surface area contributed by atoms with E-state index in [4.69, 9.17) is 9.47 Å². The van der Waals surface area contributed by atoms with Crippen LogP contribution in [0.1, 0.15) is 52.9 Å². The Labute approximate surface area is 284 Å². The molecular formula is C35H34BrFN6O5. The molecule has 1 amide bonds. The average Bonchev–Trinajstić information content (AvgIpc) is 3.47. The van der Waals surface area contributed by atoms with E-state index < -0.39 is 12.7 Å². The summed E-state index contributed by atoms with van der Waals surface area (Å²) in [6.45, 7) is 3.55. The van der Waals surface area contributed by atoms with E-state index in [1.807, 2.05) is 24.3 Å². The number of piperidine rings is 1. The Kier molecular flexibility index (Phi) is 8.77. The van der Waals surface area contributed by atoms with E-state index in [0.717, 1.165) is 5.56 Å². The summed E-state index contributed by atoms with van der Waals surface area (Å²) in [5, 5.41) is 4.97. The predicted octanol–water partition coefficient (Wildman–Crippen LogP) is 4.91. The number of carbonyl (C=O) groups excluding carboxylic acids is 3. The highest BCUT2D eigenvalue weighted by atomic mass is 79.9. The lowest BCUT2D eigenvalue weighted by atomic mass is 9.95. The number of hydrogen-bond donors (Lipinski definition) is 0. The number of amides is 1. The van der Waals surface area contributed by atoms with Gasteiger partial charge < -0.3 is 14.4 Å². The SMILES string of the molecule is CC(=O)c1nn(CC(=O)N2[C@H]3C[C@@]4(COCC=CCOCc5ccc(Br)nc5CC3=O)C[C@@H]24)c2c(CF)cc(-c3cnc(C)nc3)cc12. The molecule has 48 heavy (non-hydrogen) atoms. The monoisotopic (exact) mass is 716 g/mol. The third kappa shape index (κ3) is 6.10. The molecule has 0 radical (unpaired) electrons. The summed E-state index contributed by atoms with van der Waals surface area (Å²) in [6, 6.07) is 6.25. The minimum absolute atomic E-state index is 0.0305. The lowest BCUT2D eigenvalue weighted by Gasteiger charge is -2.27. The number of likely N-dealkylation sites (tertiary alicyclic amines) is 1. The number of aryl methyl sites for hydroxylation is 1. The fraction of sp³-hybridized carbons (Fsp3) is 0.400. The smallest absolute Gasteiger partial charge is 0.245 e. The van der Waals surface area contributed by atoms with Crippen LogP contribution in [0.2, 0.25) is 0 Å². The number of alkyl halides is 1. The summed E-state index contributed by atoms with van der Waals surface area (Å²) >= 11 is 3.42. The van der Waals surface area contributed by atoms with Crippen molar-refractivity contribution in [3.8, 4) is 11.1 Å². The molecule has 11 nitrogen and oxygen atoms in total. The molecule has 1 spiro atoms. The van der Waals surface area contributed by atoms with Crippen molar-refractivity contribution in [3.05, 3.63) is 81.8 Å². The van der Waals surface area contributed by atoms with Gasteiger partial charge in [-0.15, -0.1) is 0 Å². The normalized spacial score (nSPS) is 22.6. The van der Waals surface area contributed by atoms with Gasteiger partial charge in [0.05, 0.1) is 50.1 Å². The first kappa shape index (κ1) is 32.4. The van der Waals surface area contributed by atoms with E-state index in [0.29, 0.717) is 70.8 Å². The number of ketones is 2. The maximum Gasteiger partial charge on any atom is 0.245 e. The maximum absolute atomic E-state index is 14.7. The highest BCUT2D eigenvalue weighted by Crippen LogP contribution is 2.60. The summed E-state index contributed by atoms with van der Waals surface area (Å²) in [5.74, 6) is -0.173. The van der Waals surface area contributed by atoms with E-state index in [2.05, 4.69) is 36.0 Å². The van der Waals surface area contributed by atoms with Gasteiger partial charge in [0.2, 0.25) is 5.91 Å². The second kappa shape index (κ2) is 13.0. The van der Waals surface area contributed by atoms with Crippen molar-refractivity contribution in [2.75, 3.05) is 19.8 Å². The maximum atomic E-state index is 14.7. The first-order valence-electron chi connectivity index (χ1n) is 15.9. The lowest BCUT2D eigenvalue weighted by Crippen LogP contribution is -2.45. The van der Waals surface area contributed by atoms with Crippen LogP contribution in [0.15, 0.2) is 53.4 Å². The summed E-state index contributed by atoms with van der Waals surface area (Å²) in [6.07, 6.45) is 8.32. The molecule has 3 aliphatic rings. The number of fused-ring (bicyclic) bond motifs is 3. The molecule has 2 bridgehead atoms. The number of Topliss-reactive ketones (excluding diaryl/α,β-unsaturated/α-hetero) is 2. The molecule has 1 saturated heterocycles. The number of halogens is 2. The zero-order chi connectivity index (χ0) is 33.6. The molecule has 13 heteroatoms. The van der Waals surface area contributed by atoms with Crippen molar-refractivity contribution in [1.82, 2.24) is 29.6 Å². The van der Waals surface area contributed by atoms with Crippen LogP contribution in [0.25, 0.3) is 22.0 Å². The summed E-state index contributed by atoms with van der Waals surface area (Å²) < 4.78 is 28.5. The Bertz CT molecular complexity index is 1960. The first-order chi connectivity index (χ1) is 23.2. The van der Waals surface area contributed by atoms with Crippen molar-refractivity contribution in [2.24, 2.45) is 5.41 Å². The van der Waals surface area contributed by atoms with Crippen LogP contribution in [0, 0.1) is 12.3 Å². The Balaban J connectivity index is 1.23. The highest BCUT2D eigenvalue weighted by Gasteiger charge is 2.67. The zero-order valence-electron chi connectivity index (χ0n) is 26.6. The van der Waals surface area contributed by atoms with Gasteiger partial charge in [-0.05, 0) is 65.0 Å². The molecular weight excluding hydrogens is 683 g/mol. The molecule has 3 aromatic heterocycles. The van der Waals surface area contributed by atoms with Crippen LogP contribution in [0.4, 0.5) is 4.39 Å². The number of pyridine rings is 1. The fourth-order valence-electron chi connectivity index (χ4n) is 7.04. The molecule has 248 valence electrons. The van der Waals surface area contributed by atoms with Crippen molar-refractivity contribution >= 4 is 44.3 Å². The zero-order valence-corrected chi connectivity index (χ0v) is 28.2. The summed E-state index contributed by atoms with van der Waals surface area (Å²) in [4.78, 5) is 55.9. The Hall–Kier alpha value is -4.20. The Morgan fingerprint density at radius 3 is 2.60 bits per heavy atom. The second-order valence-electron chi connectivity index (χ2n) is 12.7. The van der Waals surface area contributed by atoms with Crippen LogP contribution < -0.4 is 0 Å². The van der Waals surface area contributed by atoms with E-state index in [9.17, 15) is 18.8 Å². The van der Waals surface area contributed by atoms with Gasteiger partial charge >= 0.3 is 0 Å². The quantitative estimate of drug-likeness (QED) is 0.161. The number of benzene rings is 1. The lowest BCUT2D eigenvalue weighted by molar-refractivity contribution is -0.139. The largest absolute Gasteiger partial charge is 0.377 e. The second-order valence-corrected chi connectivity index (χ2v) is 13.5. The minimum atomic E-state index is -0.845.